The van der Waals surface area contributed by atoms with Gasteiger partial charge in [-0.3, -0.25) is 0 Å². The first-order chi connectivity index (χ1) is 12.8. The fourth-order valence-electron chi connectivity index (χ4n) is 2.99. The quantitative estimate of drug-likeness (QED) is 0.762. The minimum Gasteiger partial charge on any atom is -0.379 e. The van der Waals surface area contributed by atoms with Gasteiger partial charge in [0.15, 0.2) is 5.11 Å². The lowest BCUT2D eigenvalue weighted by molar-refractivity contribution is 0.0730. The molecule has 0 aromatic heterocycles. The van der Waals surface area contributed by atoms with E-state index in [1.165, 1.54) is 4.31 Å². The predicted octanol–water partition coefficient (Wildman–Crippen LogP) is 3.13. The van der Waals surface area contributed by atoms with Crippen LogP contribution < -0.4 is 10.6 Å². The summed E-state index contributed by atoms with van der Waals surface area (Å²) in [5.41, 5.74) is 3.94. The van der Waals surface area contributed by atoms with Crippen LogP contribution in [0.2, 0.25) is 0 Å². The van der Waals surface area contributed by atoms with Gasteiger partial charge in [-0.15, -0.1) is 0 Å². The van der Waals surface area contributed by atoms with Crippen molar-refractivity contribution in [1.82, 2.24) is 4.31 Å². The van der Waals surface area contributed by atoms with Crippen molar-refractivity contribution in [1.29, 1.82) is 0 Å². The molecule has 144 valence electrons. The van der Waals surface area contributed by atoms with Crippen molar-refractivity contribution in [2.45, 2.75) is 18.7 Å². The fourth-order valence-corrected chi connectivity index (χ4v) is 4.63. The highest BCUT2D eigenvalue weighted by Crippen LogP contribution is 2.20. The lowest BCUT2D eigenvalue weighted by atomic mass is 10.1. The number of sulfonamides is 1. The van der Waals surface area contributed by atoms with Crippen LogP contribution in [0.15, 0.2) is 47.4 Å². The van der Waals surface area contributed by atoms with E-state index >= 15 is 0 Å². The minimum absolute atomic E-state index is 0.267. The molecule has 0 aliphatic carbocycles. The number of anilines is 2. The maximum absolute atomic E-state index is 12.6. The molecule has 1 aliphatic rings. The maximum atomic E-state index is 12.6. The van der Waals surface area contributed by atoms with Crippen molar-refractivity contribution in [3.05, 3.63) is 53.6 Å². The summed E-state index contributed by atoms with van der Waals surface area (Å²) in [4.78, 5) is 0.267. The Hall–Kier alpha value is -2.00. The van der Waals surface area contributed by atoms with Crippen LogP contribution in [0.1, 0.15) is 11.1 Å². The Morgan fingerprint density at radius 3 is 2.11 bits per heavy atom. The second-order valence-corrected chi connectivity index (χ2v) is 8.84. The molecule has 2 aromatic rings. The summed E-state index contributed by atoms with van der Waals surface area (Å²) < 4.78 is 31.9. The molecule has 0 radical (unpaired) electrons. The van der Waals surface area contributed by atoms with Gasteiger partial charge in [0.1, 0.15) is 0 Å². The molecule has 0 unspecified atom stereocenters. The largest absolute Gasteiger partial charge is 0.379 e. The van der Waals surface area contributed by atoms with Gasteiger partial charge in [0, 0.05) is 24.5 Å². The summed E-state index contributed by atoms with van der Waals surface area (Å²) in [6.45, 7) is 5.68. The number of aryl methyl sites for hydroxylation is 2. The number of nitrogens with one attached hydrogen (secondary N) is 2. The number of thiocarbonyl (C=S) groups is 1. The molecule has 0 atom stereocenters. The number of hydrogen-bond donors (Lipinski definition) is 2. The van der Waals surface area contributed by atoms with E-state index < -0.39 is 10.0 Å². The van der Waals surface area contributed by atoms with Gasteiger partial charge in [-0.2, -0.15) is 4.31 Å². The second kappa shape index (κ2) is 8.35. The number of ether oxygens (including phenoxy) is 1. The Bertz CT molecular complexity index is 901. The molecule has 1 fully saturated rings. The van der Waals surface area contributed by atoms with Gasteiger partial charge >= 0.3 is 0 Å². The molecular weight excluding hydrogens is 382 g/mol. The van der Waals surface area contributed by atoms with Crippen LogP contribution in [-0.2, 0) is 14.8 Å². The molecule has 6 nitrogen and oxygen atoms in total. The van der Waals surface area contributed by atoms with Crippen LogP contribution in [0, 0.1) is 13.8 Å². The molecule has 1 heterocycles. The Morgan fingerprint density at radius 1 is 0.963 bits per heavy atom. The van der Waals surface area contributed by atoms with Crippen LogP contribution in [0.4, 0.5) is 11.4 Å². The third-order valence-electron chi connectivity index (χ3n) is 4.20. The van der Waals surface area contributed by atoms with Gasteiger partial charge in [0.25, 0.3) is 0 Å². The molecule has 2 aromatic carbocycles. The Kier molecular flexibility index (Phi) is 6.11. The van der Waals surface area contributed by atoms with Crippen molar-refractivity contribution in [2.24, 2.45) is 0 Å². The lowest BCUT2D eigenvalue weighted by Crippen LogP contribution is -2.40. The number of rotatable bonds is 4. The number of morpholine rings is 1. The predicted molar refractivity (Wildman–Crippen MR) is 112 cm³/mol. The molecule has 2 N–H and O–H groups in total. The maximum Gasteiger partial charge on any atom is 0.243 e. The van der Waals surface area contributed by atoms with Crippen molar-refractivity contribution in [3.63, 3.8) is 0 Å². The number of nitrogens with zero attached hydrogens (tertiary/aromatic N) is 1. The minimum atomic E-state index is -3.49. The summed E-state index contributed by atoms with van der Waals surface area (Å²) in [5.74, 6) is 0. The molecule has 3 rings (SSSR count). The zero-order chi connectivity index (χ0) is 19.4. The van der Waals surface area contributed by atoms with Crippen molar-refractivity contribution < 1.29 is 13.2 Å². The summed E-state index contributed by atoms with van der Waals surface area (Å²) in [6, 6.07) is 12.7. The molecular formula is C19H23N3O3S2. The summed E-state index contributed by atoms with van der Waals surface area (Å²) >= 11 is 5.35. The Balaban J connectivity index is 1.65. The van der Waals surface area contributed by atoms with E-state index in [0.29, 0.717) is 31.4 Å². The van der Waals surface area contributed by atoms with Crippen LogP contribution >= 0.6 is 12.2 Å². The van der Waals surface area contributed by atoms with Crippen molar-refractivity contribution in [2.75, 3.05) is 36.9 Å². The third kappa shape index (κ3) is 5.04. The monoisotopic (exact) mass is 405 g/mol. The van der Waals surface area contributed by atoms with E-state index in [2.05, 4.69) is 16.7 Å². The molecule has 0 saturated carbocycles. The van der Waals surface area contributed by atoms with E-state index in [-0.39, 0.29) is 4.90 Å². The van der Waals surface area contributed by atoms with Gasteiger partial charge in [-0.05, 0) is 73.6 Å². The SMILES string of the molecule is Cc1cc(C)cc(NC(=S)Nc2ccc(S(=O)(=O)N3CCOCC3)cc2)c1. The van der Waals surface area contributed by atoms with Gasteiger partial charge in [0.2, 0.25) is 10.0 Å². The van der Waals surface area contributed by atoms with Crippen LogP contribution in [0.5, 0.6) is 0 Å². The highest BCUT2D eigenvalue weighted by Gasteiger charge is 2.26. The summed E-state index contributed by atoms with van der Waals surface area (Å²) in [7, 11) is -3.49. The van der Waals surface area contributed by atoms with Crippen LogP contribution in [0.3, 0.4) is 0 Å². The van der Waals surface area contributed by atoms with E-state index in [0.717, 1.165) is 22.5 Å². The smallest absolute Gasteiger partial charge is 0.243 e. The molecule has 1 saturated heterocycles. The number of benzene rings is 2. The van der Waals surface area contributed by atoms with Gasteiger partial charge < -0.3 is 15.4 Å². The number of hydrogen-bond acceptors (Lipinski definition) is 4. The fraction of sp³-hybridized carbons (Fsp3) is 0.316. The van der Waals surface area contributed by atoms with Crippen LogP contribution in [-0.4, -0.2) is 44.1 Å². The normalized spacial score (nSPS) is 15.3. The summed E-state index contributed by atoms with van der Waals surface area (Å²) in [6.07, 6.45) is 0. The second-order valence-electron chi connectivity index (χ2n) is 6.50. The van der Waals surface area contributed by atoms with E-state index in [1.807, 2.05) is 26.0 Å². The molecule has 0 bridgehead atoms. The van der Waals surface area contributed by atoms with Gasteiger partial charge in [0.05, 0.1) is 18.1 Å². The first-order valence-corrected chi connectivity index (χ1v) is 10.5. The zero-order valence-corrected chi connectivity index (χ0v) is 17.0. The van der Waals surface area contributed by atoms with Gasteiger partial charge in [-0.1, -0.05) is 6.07 Å². The van der Waals surface area contributed by atoms with E-state index in [9.17, 15) is 8.42 Å². The topological polar surface area (TPSA) is 70.7 Å². The summed E-state index contributed by atoms with van der Waals surface area (Å²) in [5, 5.41) is 6.68. The highest BCUT2D eigenvalue weighted by molar-refractivity contribution is 7.89. The molecule has 27 heavy (non-hydrogen) atoms. The first-order valence-electron chi connectivity index (χ1n) is 8.69. The molecule has 1 aliphatic heterocycles. The molecule has 8 heteroatoms. The average Bonchev–Trinajstić information content (AvgIpc) is 2.62. The Morgan fingerprint density at radius 2 is 1.52 bits per heavy atom. The zero-order valence-electron chi connectivity index (χ0n) is 15.4. The first kappa shape index (κ1) is 19.8. The standard InChI is InChI=1S/C19H23N3O3S2/c1-14-11-15(2)13-17(12-14)21-19(26)20-16-3-5-18(6-4-16)27(23,24)22-7-9-25-10-8-22/h3-6,11-13H,7-10H2,1-2H3,(H2,20,21,26). The average molecular weight is 406 g/mol. The molecule has 0 amide bonds. The van der Waals surface area contributed by atoms with Crippen LogP contribution in [0.25, 0.3) is 0 Å². The van der Waals surface area contributed by atoms with Gasteiger partial charge in [-0.25, -0.2) is 8.42 Å². The third-order valence-corrected chi connectivity index (χ3v) is 6.32. The van der Waals surface area contributed by atoms with Crippen molar-refractivity contribution >= 4 is 38.7 Å². The molecule has 0 spiro atoms. The van der Waals surface area contributed by atoms with E-state index in [1.54, 1.807) is 24.3 Å². The highest BCUT2D eigenvalue weighted by atomic mass is 32.2. The lowest BCUT2D eigenvalue weighted by Gasteiger charge is -2.26. The Labute approximate surface area is 165 Å². The van der Waals surface area contributed by atoms with Crippen molar-refractivity contribution in [3.8, 4) is 0 Å². The van der Waals surface area contributed by atoms with E-state index in [4.69, 9.17) is 17.0 Å².